The minimum Gasteiger partial charge on any atom is -0.390 e. The SMILES string of the molecule is OC(CNCc1sccc1Br)CN1CCCC1. The maximum Gasteiger partial charge on any atom is 0.0791 e. The molecule has 5 heteroatoms. The lowest BCUT2D eigenvalue weighted by molar-refractivity contribution is 0.123. The summed E-state index contributed by atoms with van der Waals surface area (Å²) < 4.78 is 1.16. The zero-order valence-electron chi connectivity index (χ0n) is 9.86. The van der Waals surface area contributed by atoms with Crippen molar-refractivity contribution in [2.24, 2.45) is 0 Å². The molecule has 1 aliphatic rings. The van der Waals surface area contributed by atoms with E-state index < -0.39 is 0 Å². The molecular formula is C12H19BrN2OS. The maximum absolute atomic E-state index is 9.90. The lowest BCUT2D eigenvalue weighted by Gasteiger charge is -2.19. The van der Waals surface area contributed by atoms with E-state index in [2.05, 4.69) is 37.6 Å². The van der Waals surface area contributed by atoms with Crippen LogP contribution in [-0.4, -0.2) is 42.3 Å². The van der Waals surface area contributed by atoms with Crippen LogP contribution in [0.15, 0.2) is 15.9 Å². The number of halogens is 1. The standard InChI is InChI=1S/C12H19BrN2OS/c13-11-3-6-17-12(11)8-14-7-10(16)9-15-4-1-2-5-15/h3,6,10,14,16H,1-2,4-5,7-9H2. The van der Waals surface area contributed by atoms with Gasteiger partial charge in [-0.1, -0.05) is 0 Å². The van der Waals surface area contributed by atoms with Crippen molar-refractivity contribution in [2.45, 2.75) is 25.5 Å². The van der Waals surface area contributed by atoms with Gasteiger partial charge in [0.1, 0.15) is 0 Å². The van der Waals surface area contributed by atoms with E-state index in [4.69, 9.17) is 0 Å². The van der Waals surface area contributed by atoms with E-state index in [1.54, 1.807) is 11.3 Å². The van der Waals surface area contributed by atoms with E-state index in [-0.39, 0.29) is 6.10 Å². The Labute approximate surface area is 115 Å². The van der Waals surface area contributed by atoms with Crippen LogP contribution in [0.3, 0.4) is 0 Å². The van der Waals surface area contributed by atoms with Gasteiger partial charge in [-0.15, -0.1) is 11.3 Å². The van der Waals surface area contributed by atoms with Crippen LogP contribution >= 0.6 is 27.3 Å². The molecule has 1 atom stereocenters. The van der Waals surface area contributed by atoms with Crippen LogP contribution in [-0.2, 0) is 6.54 Å². The second-order valence-corrected chi connectivity index (χ2v) is 6.34. The number of aliphatic hydroxyl groups is 1. The van der Waals surface area contributed by atoms with Gasteiger partial charge in [0, 0.05) is 29.0 Å². The summed E-state index contributed by atoms with van der Waals surface area (Å²) in [6.07, 6.45) is 2.30. The summed E-state index contributed by atoms with van der Waals surface area (Å²) in [6.45, 7) is 4.59. The van der Waals surface area contributed by atoms with E-state index in [1.807, 2.05) is 0 Å². The summed E-state index contributed by atoms with van der Waals surface area (Å²) in [6, 6.07) is 2.06. The molecule has 2 rings (SSSR count). The Morgan fingerprint density at radius 2 is 2.24 bits per heavy atom. The molecule has 0 amide bonds. The second-order valence-electron chi connectivity index (χ2n) is 4.48. The fourth-order valence-corrected chi connectivity index (χ4v) is 3.59. The molecule has 0 spiro atoms. The highest BCUT2D eigenvalue weighted by atomic mass is 79.9. The molecule has 2 N–H and O–H groups in total. The molecule has 0 saturated carbocycles. The number of nitrogens with one attached hydrogen (secondary N) is 1. The monoisotopic (exact) mass is 318 g/mol. The third-order valence-electron chi connectivity index (χ3n) is 3.02. The summed E-state index contributed by atoms with van der Waals surface area (Å²) in [7, 11) is 0. The molecule has 3 nitrogen and oxygen atoms in total. The van der Waals surface area contributed by atoms with Gasteiger partial charge in [-0.25, -0.2) is 0 Å². The zero-order chi connectivity index (χ0) is 12.1. The Kier molecular flexibility index (Phi) is 5.44. The molecule has 17 heavy (non-hydrogen) atoms. The Balaban J connectivity index is 1.62. The highest BCUT2D eigenvalue weighted by molar-refractivity contribution is 9.10. The first-order valence-corrected chi connectivity index (χ1v) is 7.76. The molecule has 1 saturated heterocycles. The highest BCUT2D eigenvalue weighted by Crippen LogP contribution is 2.22. The summed E-state index contributed by atoms with van der Waals surface area (Å²) in [5.74, 6) is 0. The number of hydrogen-bond acceptors (Lipinski definition) is 4. The van der Waals surface area contributed by atoms with Crippen molar-refractivity contribution in [2.75, 3.05) is 26.2 Å². The van der Waals surface area contributed by atoms with Gasteiger partial charge < -0.3 is 15.3 Å². The van der Waals surface area contributed by atoms with Gasteiger partial charge in [-0.05, 0) is 53.3 Å². The van der Waals surface area contributed by atoms with Crippen molar-refractivity contribution >= 4 is 27.3 Å². The molecule has 96 valence electrons. The number of aliphatic hydroxyl groups excluding tert-OH is 1. The predicted molar refractivity (Wildman–Crippen MR) is 75.4 cm³/mol. The van der Waals surface area contributed by atoms with Crippen LogP contribution in [0.1, 0.15) is 17.7 Å². The van der Waals surface area contributed by atoms with Crippen LogP contribution in [0.2, 0.25) is 0 Å². The molecule has 2 heterocycles. The summed E-state index contributed by atoms with van der Waals surface area (Å²) in [4.78, 5) is 3.63. The number of β-amino-alcohol motifs (C(OH)–C–C–N with tert-alkyl or cyclic N) is 1. The van der Waals surface area contributed by atoms with Crippen molar-refractivity contribution in [3.63, 3.8) is 0 Å². The van der Waals surface area contributed by atoms with E-state index in [0.29, 0.717) is 6.54 Å². The number of thiophene rings is 1. The number of hydrogen-bond donors (Lipinski definition) is 2. The molecule has 1 unspecified atom stereocenters. The number of nitrogens with zero attached hydrogens (tertiary/aromatic N) is 1. The van der Waals surface area contributed by atoms with E-state index >= 15 is 0 Å². The fraction of sp³-hybridized carbons (Fsp3) is 0.667. The third-order valence-corrected chi connectivity index (χ3v) is 4.95. The van der Waals surface area contributed by atoms with E-state index in [0.717, 1.165) is 30.7 Å². The van der Waals surface area contributed by atoms with Crippen molar-refractivity contribution in [3.8, 4) is 0 Å². The van der Waals surface area contributed by atoms with Crippen molar-refractivity contribution in [3.05, 3.63) is 20.8 Å². The van der Waals surface area contributed by atoms with Crippen molar-refractivity contribution < 1.29 is 5.11 Å². The molecule has 1 fully saturated rings. The average molecular weight is 319 g/mol. The van der Waals surface area contributed by atoms with Gasteiger partial charge in [0.15, 0.2) is 0 Å². The second kappa shape index (κ2) is 6.85. The number of likely N-dealkylation sites (tertiary alicyclic amines) is 1. The molecular weight excluding hydrogens is 300 g/mol. The van der Waals surface area contributed by atoms with Gasteiger partial charge in [-0.3, -0.25) is 0 Å². The first-order chi connectivity index (χ1) is 8.25. The summed E-state index contributed by atoms with van der Waals surface area (Å²) in [5, 5.41) is 15.3. The predicted octanol–water partition coefficient (Wildman–Crippen LogP) is 2.06. The van der Waals surface area contributed by atoms with Gasteiger partial charge in [0.25, 0.3) is 0 Å². The van der Waals surface area contributed by atoms with Gasteiger partial charge in [-0.2, -0.15) is 0 Å². The van der Waals surface area contributed by atoms with Gasteiger partial charge in [0.05, 0.1) is 6.10 Å². The van der Waals surface area contributed by atoms with Crippen molar-refractivity contribution in [1.82, 2.24) is 10.2 Å². The highest BCUT2D eigenvalue weighted by Gasteiger charge is 2.15. The van der Waals surface area contributed by atoms with Crippen molar-refractivity contribution in [1.29, 1.82) is 0 Å². The first kappa shape index (κ1) is 13.5. The third kappa shape index (κ3) is 4.34. The van der Waals surface area contributed by atoms with Crippen LogP contribution in [0.5, 0.6) is 0 Å². The van der Waals surface area contributed by atoms with E-state index in [1.165, 1.54) is 17.7 Å². The molecule has 0 aliphatic carbocycles. The quantitative estimate of drug-likeness (QED) is 0.842. The molecule has 1 aromatic rings. The minimum atomic E-state index is -0.258. The molecule has 0 aromatic carbocycles. The molecule has 1 aromatic heterocycles. The normalized spacial score (nSPS) is 18.7. The topological polar surface area (TPSA) is 35.5 Å². The lowest BCUT2D eigenvalue weighted by Crippen LogP contribution is -2.36. The van der Waals surface area contributed by atoms with Crippen LogP contribution < -0.4 is 5.32 Å². The van der Waals surface area contributed by atoms with Crippen LogP contribution in [0, 0.1) is 0 Å². The van der Waals surface area contributed by atoms with Gasteiger partial charge in [0.2, 0.25) is 0 Å². The average Bonchev–Trinajstić information content (AvgIpc) is 2.91. The Hall–Kier alpha value is 0.0600. The van der Waals surface area contributed by atoms with Gasteiger partial charge >= 0.3 is 0 Å². The van der Waals surface area contributed by atoms with Crippen LogP contribution in [0.4, 0.5) is 0 Å². The Bertz CT molecular complexity index is 339. The molecule has 0 radical (unpaired) electrons. The smallest absolute Gasteiger partial charge is 0.0791 e. The molecule has 1 aliphatic heterocycles. The Morgan fingerprint density at radius 3 is 2.88 bits per heavy atom. The minimum absolute atomic E-state index is 0.258. The maximum atomic E-state index is 9.90. The van der Waals surface area contributed by atoms with E-state index in [9.17, 15) is 5.11 Å². The molecule has 0 bridgehead atoms. The first-order valence-electron chi connectivity index (χ1n) is 6.08. The number of rotatable bonds is 6. The lowest BCUT2D eigenvalue weighted by atomic mass is 10.3. The van der Waals surface area contributed by atoms with Crippen LogP contribution in [0.25, 0.3) is 0 Å². The fourth-order valence-electron chi connectivity index (χ4n) is 2.13. The summed E-state index contributed by atoms with van der Waals surface area (Å²) >= 11 is 5.24. The largest absolute Gasteiger partial charge is 0.390 e. The summed E-state index contributed by atoms with van der Waals surface area (Å²) in [5.41, 5.74) is 0. The Morgan fingerprint density at radius 1 is 1.47 bits per heavy atom. The zero-order valence-corrected chi connectivity index (χ0v) is 12.3.